The molecule has 0 aromatic carbocycles. The van der Waals surface area contributed by atoms with Crippen LogP contribution in [0.3, 0.4) is 0 Å². The lowest BCUT2D eigenvalue weighted by Gasteiger charge is -2.21. The first-order valence-electron chi connectivity index (χ1n) is 35.2. The van der Waals surface area contributed by atoms with E-state index in [1.165, 1.54) is 103 Å². The molecule has 7 atom stereocenters. The van der Waals surface area contributed by atoms with Gasteiger partial charge in [0.25, 0.3) is 0 Å². The van der Waals surface area contributed by atoms with Gasteiger partial charge in [0.05, 0.1) is 26.4 Å². The van der Waals surface area contributed by atoms with E-state index in [2.05, 4.69) is 72.8 Å². The molecule has 0 amide bonds. The first-order chi connectivity index (χ1) is 42.3. The molecular weight excluding hydrogens is 1160 g/mol. The molecule has 0 saturated carbocycles. The highest BCUT2D eigenvalue weighted by atomic mass is 31.2. The van der Waals surface area contributed by atoms with Gasteiger partial charge in [-0.05, 0) is 69.1 Å². The van der Waals surface area contributed by atoms with Gasteiger partial charge in [-0.15, -0.1) is 0 Å². The minimum Gasteiger partial charge on any atom is -0.462 e. The summed E-state index contributed by atoms with van der Waals surface area (Å²) >= 11 is 0. The summed E-state index contributed by atoms with van der Waals surface area (Å²) in [7, 11) is -9.91. The molecule has 0 bridgehead atoms. The van der Waals surface area contributed by atoms with Crippen LogP contribution in [0, 0.1) is 17.8 Å². The third-order valence-electron chi connectivity index (χ3n) is 16.0. The van der Waals surface area contributed by atoms with Crippen molar-refractivity contribution in [1.29, 1.82) is 0 Å². The fraction of sp³-hybridized carbons (Fsp3) is 0.884. The van der Waals surface area contributed by atoms with Crippen molar-refractivity contribution in [1.82, 2.24) is 0 Å². The van der Waals surface area contributed by atoms with E-state index in [1.807, 2.05) is 0 Å². The van der Waals surface area contributed by atoms with Crippen molar-refractivity contribution >= 4 is 39.5 Å². The van der Waals surface area contributed by atoms with Gasteiger partial charge in [-0.3, -0.25) is 37.3 Å². The number of aliphatic hydroxyl groups excluding tert-OH is 1. The van der Waals surface area contributed by atoms with Gasteiger partial charge in [0.15, 0.2) is 12.2 Å². The van der Waals surface area contributed by atoms with Crippen molar-refractivity contribution in [3.8, 4) is 0 Å². The Morgan fingerprint density at radius 1 is 0.375 bits per heavy atom. The normalized spacial score (nSPS) is 15.0. The van der Waals surface area contributed by atoms with Crippen molar-refractivity contribution in [2.45, 2.75) is 336 Å². The Balaban J connectivity index is 5.29. The monoisotopic (exact) mass is 1290 g/mol. The Kier molecular flexibility index (Phi) is 57.9. The molecule has 0 aromatic rings. The Morgan fingerprint density at radius 3 is 1.01 bits per heavy atom. The van der Waals surface area contributed by atoms with E-state index in [0.29, 0.717) is 31.6 Å². The van der Waals surface area contributed by atoms with Crippen LogP contribution in [0.5, 0.6) is 0 Å². The number of phosphoric acid groups is 2. The minimum atomic E-state index is -4.96. The van der Waals surface area contributed by atoms with Crippen molar-refractivity contribution in [2.24, 2.45) is 17.8 Å². The van der Waals surface area contributed by atoms with E-state index in [1.54, 1.807) is 0 Å². The second-order valence-electron chi connectivity index (χ2n) is 25.2. The average Bonchev–Trinajstić information content (AvgIpc) is 3.51. The fourth-order valence-electron chi connectivity index (χ4n) is 9.76. The number of allylic oxidation sites excluding steroid dienone is 4. The summed E-state index contributed by atoms with van der Waals surface area (Å²) in [4.78, 5) is 72.4. The molecule has 0 fully saturated rings. The van der Waals surface area contributed by atoms with Crippen LogP contribution in [0.2, 0.25) is 0 Å². The topological polar surface area (TPSA) is 237 Å². The van der Waals surface area contributed by atoms with Crippen LogP contribution in [0.1, 0.15) is 318 Å². The molecule has 3 N–H and O–H groups in total. The summed E-state index contributed by atoms with van der Waals surface area (Å²) < 4.78 is 68.1. The number of hydrogen-bond donors (Lipinski definition) is 3. The number of ether oxygens (including phenoxy) is 4. The lowest BCUT2D eigenvalue weighted by molar-refractivity contribution is -0.161. The molecule has 0 spiro atoms. The highest BCUT2D eigenvalue weighted by Crippen LogP contribution is 2.45. The molecule has 19 heteroatoms. The molecule has 88 heavy (non-hydrogen) atoms. The predicted molar refractivity (Wildman–Crippen MR) is 354 cm³/mol. The smallest absolute Gasteiger partial charge is 0.462 e. The molecule has 0 aromatic heterocycles. The fourth-order valence-corrected chi connectivity index (χ4v) is 11.3. The molecule has 0 aliphatic rings. The van der Waals surface area contributed by atoms with Gasteiger partial charge in [-0.1, -0.05) is 265 Å². The highest BCUT2D eigenvalue weighted by Gasteiger charge is 2.30. The molecule has 0 heterocycles. The molecule has 0 aliphatic carbocycles. The van der Waals surface area contributed by atoms with Crippen LogP contribution in [-0.4, -0.2) is 96.7 Å². The second kappa shape index (κ2) is 59.5. The van der Waals surface area contributed by atoms with Crippen LogP contribution in [-0.2, 0) is 65.4 Å². The van der Waals surface area contributed by atoms with Gasteiger partial charge in [0.2, 0.25) is 0 Å². The zero-order valence-corrected chi connectivity index (χ0v) is 58.5. The molecule has 0 radical (unpaired) electrons. The quantitative estimate of drug-likeness (QED) is 0.0169. The zero-order valence-electron chi connectivity index (χ0n) is 56.7. The molecule has 0 saturated heterocycles. The molecule has 17 nitrogen and oxygen atoms in total. The maximum absolute atomic E-state index is 13.0. The maximum atomic E-state index is 13.0. The Bertz CT molecular complexity index is 1830. The van der Waals surface area contributed by atoms with E-state index in [-0.39, 0.29) is 25.7 Å². The molecular formula is C69H130O17P2. The number of phosphoric ester groups is 2. The Hall–Kier alpha value is -2.46. The lowest BCUT2D eigenvalue weighted by Crippen LogP contribution is -2.30. The summed E-state index contributed by atoms with van der Waals surface area (Å²) in [6.45, 7) is 11.7. The van der Waals surface area contributed by atoms with E-state index < -0.39 is 97.5 Å². The third kappa shape index (κ3) is 59.8. The number of rotatable bonds is 65. The van der Waals surface area contributed by atoms with Crippen LogP contribution in [0.4, 0.5) is 0 Å². The first kappa shape index (κ1) is 85.5. The van der Waals surface area contributed by atoms with Gasteiger partial charge in [-0.2, -0.15) is 0 Å². The average molecular weight is 1290 g/mol. The predicted octanol–water partition coefficient (Wildman–Crippen LogP) is 19.0. The SMILES string of the molecule is CCCCCC/C=C\C=C/CCCCCCCC(=O)OC[C@H](COP(=O)(O)OC[C@@H](O)COP(=O)(O)OC[C@@H](COC(=O)CCCCCCCCC(C)C)OC(=O)CCCCCCCCC(C)CC)OC(=O)CCCCCCCCCCCCC(C)CC. The molecule has 4 unspecified atom stereocenters. The van der Waals surface area contributed by atoms with E-state index in [4.69, 9.17) is 37.0 Å². The molecule has 0 rings (SSSR count). The standard InChI is InChI=1S/C69H130O17P2/c1-8-11-12-13-14-15-16-17-18-19-20-24-27-36-43-50-66(71)79-56-64(85-68(73)52-45-38-28-25-22-21-23-26-34-41-48-61(6)9-2)58-83-87(75,76)81-54-63(70)55-82-88(77,78)84-59-65(57-80-67(72)51-44-37-31-29-33-40-47-60(4)5)86-69(74)53-46-39-32-30-35-42-49-62(7)10-3/h15-18,60-65,70H,8-14,19-59H2,1-7H3,(H,75,76)(H,77,78)/b16-15-,18-17-/t61?,62?,63-,64-,65-/m1/s1. The first-order valence-corrected chi connectivity index (χ1v) is 38.2. The summed E-state index contributed by atoms with van der Waals surface area (Å²) in [5.74, 6) is 0.0328. The zero-order chi connectivity index (χ0) is 65.2. The number of carbonyl (C=O) groups excluding carboxylic acids is 4. The number of hydrogen-bond acceptors (Lipinski definition) is 15. The highest BCUT2D eigenvalue weighted by molar-refractivity contribution is 7.47. The van der Waals surface area contributed by atoms with Gasteiger partial charge in [0.1, 0.15) is 19.3 Å². The van der Waals surface area contributed by atoms with Crippen molar-refractivity contribution in [3.63, 3.8) is 0 Å². The molecule has 0 aliphatic heterocycles. The summed E-state index contributed by atoms with van der Waals surface area (Å²) in [5.41, 5.74) is 0. The van der Waals surface area contributed by atoms with E-state index >= 15 is 0 Å². The molecule has 518 valence electrons. The third-order valence-corrected chi connectivity index (χ3v) is 17.9. The Labute approximate surface area is 535 Å². The van der Waals surface area contributed by atoms with E-state index in [0.717, 1.165) is 127 Å². The number of carbonyl (C=O) groups is 4. The number of unbranched alkanes of at least 4 members (excludes halogenated alkanes) is 28. The van der Waals surface area contributed by atoms with Crippen LogP contribution < -0.4 is 0 Å². The van der Waals surface area contributed by atoms with Crippen molar-refractivity contribution < 1.29 is 80.2 Å². The van der Waals surface area contributed by atoms with Crippen molar-refractivity contribution in [3.05, 3.63) is 24.3 Å². The number of aliphatic hydroxyl groups is 1. The Morgan fingerprint density at radius 2 is 0.670 bits per heavy atom. The minimum absolute atomic E-state index is 0.0986. The van der Waals surface area contributed by atoms with Crippen LogP contribution in [0.15, 0.2) is 24.3 Å². The summed E-state index contributed by atoms with van der Waals surface area (Å²) in [6, 6.07) is 0. The van der Waals surface area contributed by atoms with Crippen molar-refractivity contribution in [2.75, 3.05) is 39.6 Å². The summed E-state index contributed by atoms with van der Waals surface area (Å²) in [5, 5.41) is 10.6. The summed E-state index contributed by atoms with van der Waals surface area (Å²) in [6.07, 6.45) is 45.4. The van der Waals surface area contributed by atoms with Crippen LogP contribution in [0.25, 0.3) is 0 Å². The van der Waals surface area contributed by atoms with E-state index in [9.17, 15) is 43.2 Å². The number of esters is 4. The maximum Gasteiger partial charge on any atom is 0.472 e. The van der Waals surface area contributed by atoms with Crippen LogP contribution >= 0.6 is 15.6 Å². The lowest BCUT2D eigenvalue weighted by atomic mass is 9.99. The van der Waals surface area contributed by atoms with Gasteiger partial charge in [-0.25, -0.2) is 9.13 Å². The largest absolute Gasteiger partial charge is 0.472 e. The van der Waals surface area contributed by atoms with Gasteiger partial charge < -0.3 is 33.8 Å². The van der Waals surface area contributed by atoms with Gasteiger partial charge >= 0.3 is 39.5 Å². The van der Waals surface area contributed by atoms with Gasteiger partial charge in [0, 0.05) is 25.7 Å². The second-order valence-corrected chi connectivity index (χ2v) is 28.1.